The van der Waals surface area contributed by atoms with E-state index in [1.54, 1.807) is 23.2 Å². The van der Waals surface area contributed by atoms with Crippen LogP contribution in [0, 0.1) is 5.92 Å². The fourth-order valence-corrected chi connectivity index (χ4v) is 4.34. The van der Waals surface area contributed by atoms with Gasteiger partial charge < -0.3 is 10.2 Å². The molecule has 1 fully saturated rings. The number of carbonyl (C=O) groups is 2. The lowest BCUT2D eigenvalue weighted by Crippen LogP contribution is -2.40. The van der Waals surface area contributed by atoms with Crippen molar-refractivity contribution in [2.45, 2.75) is 12.8 Å². The smallest absolute Gasteiger partial charge is 0.246 e. The summed E-state index contributed by atoms with van der Waals surface area (Å²) in [6, 6.07) is 25.3. The average Bonchev–Trinajstić information content (AvgIpc) is 3.38. The number of piperidine rings is 1. The fraction of sp³-hybridized carbons (Fsp3) is 0.172. The summed E-state index contributed by atoms with van der Waals surface area (Å²) in [5, 5.41) is 7.66. The molecule has 7 heteroatoms. The van der Waals surface area contributed by atoms with Gasteiger partial charge in [-0.15, -0.1) is 0 Å². The summed E-state index contributed by atoms with van der Waals surface area (Å²) in [4.78, 5) is 31.5. The predicted octanol–water partition coefficient (Wildman–Crippen LogP) is 4.82. The molecule has 0 spiro atoms. The molecule has 0 atom stereocenters. The van der Waals surface area contributed by atoms with Gasteiger partial charge in [0.1, 0.15) is 5.82 Å². The fourth-order valence-electron chi connectivity index (χ4n) is 4.34. The van der Waals surface area contributed by atoms with E-state index in [1.165, 1.54) is 0 Å². The number of carbonyl (C=O) groups excluding carboxylic acids is 2. The molecule has 180 valence electrons. The molecule has 0 saturated carbocycles. The quantitative estimate of drug-likeness (QED) is 0.404. The maximum atomic E-state index is 13.0. The number of aromatic nitrogens is 3. The van der Waals surface area contributed by atoms with Crippen molar-refractivity contribution in [2.75, 3.05) is 18.4 Å². The van der Waals surface area contributed by atoms with E-state index in [0.29, 0.717) is 31.7 Å². The van der Waals surface area contributed by atoms with Crippen LogP contribution >= 0.6 is 0 Å². The van der Waals surface area contributed by atoms with Crippen molar-refractivity contribution in [2.24, 2.45) is 5.92 Å². The number of anilines is 1. The van der Waals surface area contributed by atoms with Gasteiger partial charge in [0, 0.05) is 48.6 Å². The van der Waals surface area contributed by atoms with Crippen molar-refractivity contribution < 1.29 is 9.59 Å². The SMILES string of the molecule is O=C(Nc1ccccn1)C1CCN(C(=O)C=Cc2cn(-c3ccccc3)nc2-c2ccccc2)CC1. The summed E-state index contributed by atoms with van der Waals surface area (Å²) < 4.78 is 1.83. The Morgan fingerprint density at radius 3 is 2.28 bits per heavy atom. The first-order chi connectivity index (χ1) is 17.7. The minimum Gasteiger partial charge on any atom is -0.339 e. The first kappa shape index (κ1) is 23.2. The number of hydrogen-bond donors (Lipinski definition) is 1. The minimum atomic E-state index is -0.131. The highest BCUT2D eigenvalue weighted by Crippen LogP contribution is 2.25. The van der Waals surface area contributed by atoms with Gasteiger partial charge in [0.2, 0.25) is 11.8 Å². The zero-order valence-corrected chi connectivity index (χ0v) is 19.8. The van der Waals surface area contributed by atoms with Crippen LogP contribution in [0.5, 0.6) is 0 Å². The van der Waals surface area contributed by atoms with Crippen LogP contribution in [0.2, 0.25) is 0 Å². The molecule has 2 amide bonds. The summed E-state index contributed by atoms with van der Waals surface area (Å²) in [6.45, 7) is 1.08. The molecule has 0 radical (unpaired) electrons. The topological polar surface area (TPSA) is 80.1 Å². The molecular formula is C29H27N5O2. The summed E-state index contributed by atoms with van der Waals surface area (Å²) in [5.41, 5.74) is 3.61. The second-order valence-corrected chi connectivity index (χ2v) is 8.72. The number of para-hydroxylation sites is 1. The van der Waals surface area contributed by atoms with E-state index in [0.717, 1.165) is 22.5 Å². The summed E-state index contributed by atoms with van der Waals surface area (Å²) in [6.07, 6.45) is 8.27. The largest absolute Gasteiger partial charge is 0.339 e. The molecule has 1 saturated heterocycles. The van der Waals surface area contributed by atoms with Crippen molar-refractivity contribution in [1.82, 2.24) is 19.7 Å². The Morgan fingerprint density at radius 1 is 0.889 bits per heavy atom. The van der Waals surface area contributed by atoms with Crippen molar-refractivity contribution in [3.63, 3.8) is 0 Å². The van der Waals surface area contributed by atoms with Gasteiger partial charge in [-0.3, -0.25) is 9.59 Å². The summed E-state index contributed by atoms with van der Waals surface area (Å²) in [7, 11) is 0. The highest BCUT2D eigenvalue weighted by molar-refractivity contribution is 5.94. The second-order valence-electron chi connectivity index (χ2n) is 8.72. The number of benzene rings is 2. The normalized spacial score (nSPS) is 14.2. The van der Waals surface area contributed by atoms with Crippen molar-refractivity contribution in [1.29, 1.82) is 0 Å². The molecule has 0 bridgehead atoms. The first-order valence-electron chi connectivity index (χ1n) is 12.1. The number of amides is 2. The predicted molar refractivity (Wildman–Crippen MR) is 140 cm³/mol. The Morgan fingerprint density at radius 2 is 1.58 bits per heavy atom. The van der Waals surface area contributed by atoms with Gasteiger partial charge in [-0.2, -0.15) is 5.10 Å². The van der Waals surface area contributed by atoms with Crippen LogP contribution in [0.4, 0.5) is 5.82 Å². The van der Waals surface area contributed by atoms with E-state index in [9.17, 15) is 9.59 Å². The molecule has 3 heterocycles. The molecule has 1 aliphatic rings. The number of rotatable bonds is 6. The van der Waals surface area contributed by atoms with E-state index >= 15 is 0 Å². The van der Waals surface area contributed by atoms with E-state index in [2.05, 4.69) is 10.3 Å². The molecule has 1 N–H and O–H groups in total. The van der Waals surface area contributed by atoms with Crippen molar-refractivity contribution in [3.05, 3.63) is 103 Å². The number of nitrogens with one attached hydrogen (secondary N) is 1. The third kappa shape index (κ3) is 5.41. The van der Waals surface area contributed by atoms with Crippen LogP contribution in [0.15, 0.2) is 97.3 Å². The van der Waals surface area contributed by atoms with E-state index in [-0.39, 0.29) is 17.7 Å². The van der Waals surface area contributed by atoms with Gasteiger partial charge in [0.15, 0.2) is 0 Å². The first-order valence-corrected chi connectivity index (χ1v) is 12.1. The Labute approximate surface area is 210 Å². The van der Waals surface area contributed by atoms with Crippen molar-refractivity contribution >= 4 is 23.7 Å². The number of pyridine rings is 1. The van der Waals surface area contributed by atoms with Gasteiger partial charge in [0.05, 0.1) is 11.4 Å². The third-order valence-corrected chi connectivity index (χ3v) is 6.31. The highest BCUT2D eigenvalue weighted by Gasteiger charge is 2.27. The number of hydrogen-bond acceptors (Lipinski definition) is 4. The standard InChI is InChI=1S/C29H27N5O2/c35-27(33-19-16-23(17-20-33)29(36)31-26-13-7-8-18-30-26)15-14-24-21-34(25-11-5-2-6-12-25)32-28(24)22-9-3-1-4-10-22/h1-15,18,21,23H,16-17,19-20H2,(H,30,31,36). The van der Waals surface area contributed by atoms with E-state index < -0.39 is 0 Å². The lowest BCUT2D eigenvalue weighted by Gasteiger charge is -2.30. The Balaban J connectivity index is 1.26. The van der Waals surface area contributed by atoms with Crippen LogP contribution < -0.4 is 5.32 Å². The molecular weight excluding hydrogens is 450 g/mol. The van der Waals surface area contributed by atoms with Crippen LogP contribution in [0.3, 0.4) is 0 Å². The Hall–Kier alpha value is -4.52. The van der Waals surface area contributed by atoms with Crippen molar-refractivity contribution in [3.8, 4) is 16.9 Å². The maximum absolute atomic E-state index is 13.0. The van der Waals surface area contributed by atoms with Gasteiger partial charge in [-0.25, -0.2) is 9.67 Å². The molecule has 0 unspecified atom stereocenters. The summed E-state index contributed by atoms with van der Waals surface area (Å²) in [5.74, 6) is 0.310. The molecule has 7 nitrogen and oxygen atoms in total. The zero-order chi connectivity index (χ0) is 24.7. The van der Waals surface area contributed by atoms with Gasteiger partial charge >= 0.3 is 0 Å². The molecule has 36 heavy (non-hydrogen) atoms. The molecule has 0 aliphatic carbocycles. The van der Waals surface area contributed by atoms with Gasteiger partial charge in [0.25, 0.3) is 0 Å². The van der Waals surface area contributed by atoms with Gasteiger partial charge in [-0.05, 0) is 43.2 Å². The number of nitrogens with zero attached hydrogens (tertiary/aromatic N) is 4. The molecule has 2 aromatic carbocycles. The second kappa shape index (κ2) is 10.8. The average molecular weight is 478 g/mol. The zero-order valence-electron chi connectivity index (χ0n) is 19.8. The van der Waals surface area contributed by atoms with Crippen LogP contribution in [-0.2, 0) is 9.59 Å². The lowest BCUT2D eigenvalue weighted by atomic mass is 9.96. The molecule has 1 aliphatic heterocycles. The highest BCUT2D eigenvalue weighted by atomic mass is 16.2. The lowest BCUT2D eigenvalue weighted by molar-refractivity contribution is -0.130. The van der Waals surface area contributed by atoms with Crippen LogP contribution in [0.1, 0.15) is 18.4 Å². The minimum absolute atomic E-state index is 0.0443. The Bertz CT molecular complexity index is 1340. The molecule has 4 aromatic rings. The summed E-state index contributed by atoms with van der Waals surface area (Å²) >= 11 is 0. The number of likely N-dealkylation sites (tertiary alicyclic amines) is 1. The van der Waals surface area contributed by atoms with E-state index in [4.69, 9.17) is 5.10 Å². The van der Waals surface area contributed by atoms with E-state index in [1.807, 2.05) is 89.8 Å². The monoisotopic (exact) mass is 477 g/mol. The Kier molecular flexibility index (Phi) is 6.98. The molecule has 5 rings (SSSR count). The molecule has 2 aromatic heterocycles. The van der Waals surface area contributed by atoms with Gasteiger partial charge in [-0.1, -0.05) is 54.6 Å². The van der Waals surface area contributed by atoms with Crippen LogP contribution in [0.25, 0.3) is 23.0 Å². The third-order valence-electron chi connectivity index (χ3n) is 6.31. The maximum Gasteiger partial charge on any atom is 0.246 e. The van der Waals surface area contributed by atoms with Crippen LogP contribution in [-0.4, -0.2) is 44.6 Å².